The maximum absolute atomic E-state index is 12.4. The standard InChI is InChI=1S/C44H64N2O4.2O.U/c1-3-5-7-9-11-13-15-17-19-25-31-49-43-33-39(45-35-37-27-21-23-29-41(37)47)40(46-36-38-28-22-24-30-42(38)48)34-44(43)50-32-26-20-18-16-14-12-10-8-6-4-2;;;/h21-24,27-30,33-36,45-46H,3-20,25-26,31-32H2,1-2H3;;;/b37-35-,38-36-;;;. The molecular weight excluding hydrogens is 891 g/mol. The quantitative estimate of drug-likeness (QED) is 0.0631. The summed E-state index contributed by atoms with van der Waals surface area (Å²) in [5.41, 5.74) is 2.55. The van der Waals surface area contributed by atoms with Crippen molar-refractivity contribution in [2.75, 3.05) is 23.8 Å². The molecule has 0 unspecified atom stereocenters. The summed E-state index contributed by atoms with van der Waals surface area (Å²) >= 11 is -2.51. The van der Waals surface area contributed by atoms with Gasteiger partial charge in [0, 0.05) is 35.7 Å². The maximum atomic E-state index is 12.4. The molecule has 8 nitrogen and oxygen atoms in total. The number of anilines is 2. The molecule has 0 saturated heterocycles. The Morgan fingerprint density at radius 3 is 1.11 bits per heavy atom. The van der Waals surface area contributed by atoms with Crippen LogP contribution in [0.1, 0.15) is 142 Å². The van der Waals surface area contributed by atoms with E-state index in [0.717, 1.165) is 37.1 Å². The van der Waals surface area contributed by atoms with Crippen molar-refractivity contribution < 1.29 is 51.4 Å². The molecule has 0 saturated carbocycles. The molecule has 2 aliphatic rings. The molecule has 0 amide bonds. The van der Waals surface area contributed by atoms with Crippen LogP contribution >= 0.6 is 0 Å². The fourth-order valence-electron chi connectivity index (χ4n) is 6.08. The molecule has 1 aromatic carbocycles. The Bertz CT molecular complexity index is 1330. The summed E-state index contributed by atoms with van der Waals surface area (Å²) < 4.78 is 29.9. The number of rotatable bonds is 28. The van der Waals surface area contributed by atoms with E-state index in [2.05, 4.69) is 24.5 Å². The second kappa shape index (κ2) is 31.2. The van der Waals surface area contributed by atoms with E-state index in [0.29, 0.717) is 35.9 Å². The molecule has 0 heterocycles. The average Bonchev–Trinajstić information content (AvgIpc) is 3.16. The first-order valence-corrected chi connectivity index (χ1v) is 23.6. The zero-order valence-electron chi connectivity index (χ0n) is 32.4. The molecule has 0 atom stereocenters. The predicted octanol–water partition coefficient (Wildman–Crippen LogP) is 12.0. The Balaban J connectivity index is 0.00000313. The predicted molar refractivity (Wildman–Crippen MR) is 212 cm³/mol. The molecule has 2 aliphatic carbocycles. The third-order valence-electron chi connectivity index (χ3n) is 9.20. The minimum atomic E-state index is -2.51. The number of benzene rings is 1. The van der Waals surface area contributed by atoms with Crippen LogP contribution in [0.15, 0.2) is 84.3 Å². The van der Waals surface area contributed by atoms with Gasteiger partial charge in [0.1, 0.15) is 0 Å². The summed E-state index contributed by atoms with van der Waals surface area (Å²) in [6.45, 7) is 5.75. The molecule has 0 aliphatic heterocycles. The molecule has 0 fully saturated rings. The van der Waals surface area contributed by atoms with Crippen molar-refractivity contribution in [3.8, 4) is 11.5 Å². The van der Waals surface area contributed by atoms with E-state index in [9.17, 15) is 9.59 Å². The fourth-order valence-corrected chi connectivity index (χ4v) is 6.08. The van der Waals surface area contributed by atoms with E-state index in [4.69, 9.17) is 13.9 Å². The molecule has 53 heavy (non-hydrogen) atoms. The van der Waals surface area contributed by atoms with E-state index in [1.807, 2.05) is 24.3 Å². The van der Waals surface area contributed by atoms with Gasteiger partial charge in [-0.3, -0.25) is 9.59 Å². The van der Waals surface area contributed by atoms with Crippen molar-refractivity contribution in [2.45, 2.75) is 142 Å². The van der Waals surface area contributed by atoms with Gasteiger partial charge in [-0.15, -0.1) is 0 Å². The monoisotopic (exact) mass is 955 g/mol. The molecule has 0 bridgehead atoms. The van der Waals surface area contributed by atoms with Crippen LogP contribution in [-0.4, -0.2) is 24.8 Å². The number of hydrogen-bond acceptors (Lipinski definition) is 8. The van der Waals surface area contributed by atoms with Gasteiger partial charge in [0.15, 0.2) is 23.1 Å². The van der Waals surface area contributed by atoms with E-state index >= 15 is 0 Å². The van der Waals surface area contributed by atoms with Crippen LogP contribution in [0.25, 0.3) is 0 Å². The fraction of sp³-hybridized carbons (Fsp3) is 0.545. The van der Waals surface area contributed by atoms with Gasteiger partial charge in [0.2, 0.25) is 0 Å². The van der Waals surface area contributed by atoms with Gasteiger partial charge in [-0.25, -0.2) is 0 Å². The van der Waals surface area contributed by atoms with E-state index < -0.39 is 27.8 Å². The summed E-state index contributed by atoms with van der Waals surface area (Å²) in [5, 5.41) is 6.64. The summed E-state index contributed by atoms with van der Waals surface area (Å²) in [6, 6.07) is 3.88. The van der Waals surface area contributed by atoms with Crippen molar-refractivity contribution in [2.24, 2.45) is 0 Å². The Hall–Kier alpha value is -3.15. The van der Waals surface area contributed by atoms with Gasteiger partial charge in [0.05, 0.1) is 24.6 Å². The molecule has 0 aromatic heterocycles. The minimum absolute atomic E-state index is 0.0600. The molecule has 290 valence electrons. The molecule has 0 radical (unpaired) electrons. The Morgan fingerprint density at radius 1 is 0.491 bits per heavy atom. The number of ether oxygens (including phenoxy) is 2. The zero-order chi connectivity index (χ0) is 38.2. The van der Waals surface area contributed by atoms with Crippen LogP contribution in [0.2, 0.25) is 0 Å². The van der Waals surface area contributed by atoms with Crippen LogP contribution in [-0.2, 0) is 14.1 Å². The topological polar surface area (TPSA) is 111 Å². The number of unbranched alkanes of at least 4 members (excludes halogenated alkanes) is 18. The first-order valence-electron chi connectivity index (χ1n) is 20.2. The third-order valence-corrected chi connectivity index (χ3v) is 9.20. The molecule has 1 aromatic rings. The van der Waals surface area contributed by atoms with Crippen molar-refractivity contribution in [3.63, 3.8) is 0 Å². The Labute approximate surface area is 334 Å². The van der Waals surface area contributed by atoms with Gasteiger partial charge in [-0.1, -0.05) is 154 Å². The summed E-state index contributed by atoms with van der Waals surface area (Å²) in [6.07, 6.45) is 42.6. The first kappa shape index (κ1) is 46.0. The summed E-state index contributed by atoms with van der Waals surface area (Å²) in [7, 11) is 0. The number of carbonyl (C=O) groups excluding carboxylic acids is 2. The molecule has 9 heteroatoms. The van der Waals surface area contributed by atoms with Gasteiger partial charge in [-0.05, 0) is 37.1 Å². The normalized spacial score (nSPS) is 14.7. The van der Waals surface area contributed by atoms with Gasteiger partial charge in [-0.2, -0.15) is 0 Å². The number of carbonyl (C=O) groups is 2. The van der Waals surface area contributed by atoms with Crippen molar-refractivity contribution in [3.05, 3.63) is 84.3 Å². The van der Waals surface area contributed by atoms with E-state index in [-0.39, 0.29) is 11.6 Å². The molecule has 0 spiro atoms. The number of nitrogens with one attached hydrogen (secondary N) is 2. The van der Waals surface area contributed by atoms with E-state index in [1.54, 1.807) is 48.9 Å². The van der Waals surface area contributed by atoms with Crippen molar-refractivity contribution in [1.82, 2.24) is 0 Å². The van der Waals surface area contributed by atoms with E-state index in [1.165, 1.54) is 103 Å². The van der Waals surface area contributed by atoms with Crippen LogP contribution in [0, 0.1) is 27.8 Å². The van der Waals surface area contributed by atoms with Crippen LogP contribution in [0.3, 0.4) is 0 Å². The van der Waals surface area contributed by atoms with Crippen LogP contribution in [0.4, 0.5) is 11.4 Å². The number of ketones is 2. The Morgan fingerprint density at radius 2 is 0.792 bits per heavy atom. The molecule has 3 rings (SSSR count). The second-order valence-electron chi connectivity index (χ2n) is 13.6. The van der Waals surface area contributed by atoms with Gasteiger partial charge in [0.25, 0.3) is 0 Å². The van der Waals surface area contributed by atoms with Crippen LogP contribution < -0.4 is 20.1 Å². The summed E-state index contributed by atoms with van der Waals surface area (Å²) in [4.78, 5) is 24.9. The van der Waals surface area contributed by atoms with Crippen molar-refractivity contribution in [1.29, 1.82) is 0 Å². The molecular formula is C44H64N2O6U. The third kappa shape index (κ3) is 21.4. The molecule has 2 N–H and O–H groups in total. The first-order chi connectivity index (χ1) is 26.0. The SMILES string of the molecule is CCCCCCCCCCCCOc1cc(N/C=C2/C=CC=CC2=O)c(N/C=C2/C=CC=CC2=O)cc1OCCCCCCCCCCCC.[O]=[U]=[O]. The van der Waals surface area contributed by atoms with Gasteiger partial charge >= 0.3 is 32.3 Å². The Kier molecular flexibility index (Phi) is 27.1. The van der Waals surface area contributed by atoms with Crippen LogP contribution in [0.5, 0.6) is 11.5 Å². The second-order valence-corrected chi connectivity index (χ2v) is 14.3. The summed E-state index contributed by atoms with van der Waals surface area (Å²) in [5.74, 6) is 1.23. The van der Waals surface area contributed by atoms with Gasteiger partial charge < -0.3 is 20.1 Å². The average molecular weight is 955 g/mol. The number of allylic oxidation sites excluding steroid dienone is 10. The zero-order valence-corrected chi connectivity index (χ0v) is 36.6. The number of hydrogen-bond donors (Lipinski definition) is 2. The van der Waals surface area contributed by atoms with Crippen molar-refractivity contribution >= 4 is 22.9 Å².